The first-order chi connectivity index (χ1) is 14.3. The van der Waals surface area contributed by atoms with Gasteiger partial charge in [0.05, 0.1) is 5.35 Å². The van der Waals surface area contributed by atoms with Crippen LogP contribution in [0.3, 0.4) is 0 Å². The minimum atomic E-state index is -4.72. The van der Waals surface area contributed by atoms with Crippen LogP contribution in [0.5, 0.6) is 5.75 Å². The number of likely N-dealkylation sites (N-methyl/N-ethyl adjacent to an activating group) is 1. The van der Waals surface area contributed by atoms with Crippen molar-refractivity contribution in [3.8, 4) is 5.75 Å². The third kappa shape index (κ3) is 5.67. The molecule has 1 aromatic carbocycles. The van der Waals surface area contributed by atoms with Gasteiger partial charge in [0, 0.05) is 23.8 Å². The number of nitrogens with zero attached hydrogens (tertiary/aromatic N) is 3. The first kappa shape index (κ1) is 22.4. The number of halogens is 4. The number of hydrogen-bond acceptors (Lipinski definition) is 4. The minimum absolute atomic E-state index is 0.251. The number of pyridine rings is 1. The molecule has 4 nitrogen and oxygen atoms in total. The summed E-state index contributed by atoms with van der Waals surface area (Å²) >= 11 is 6.41. The largest absolute Gasteiger partial charge is 0.573 e. The van der Waals surface area contributed by atoms with Crippen LogP contribution >= 0.6 is 11.6 Å². The van der Waals surface area contributed by atoms with E-state index in [-0.39, 0.29) is 5.75 Å². The van der Waals surface area contributed by atoms with Crippen LogP contribution in [0.15, 0.2) is 36.4 Å². The monoisotopic (exact) mass is 439 g/mol. The molecule has 8 heteroatoms. The predicted molar refractivity (Wildman–Crippen MR) is 114 cm³/mol. The number of aromatic nitrogens is 1. The first-order valence-electron chi connectivity index (χ1n) is 10.0. The van der Waals surface area contributed by atoms with E-state index in [2.05, 4.69) is 29.6 Å². The van der Waals surface area contributed by atoms with Gasteiger partial charge in [-0.05, 0) is 67.5 Å². The van der Waals surface area contributed by atoms with E-state index in [0.717, 1.165) is 53.8 Å². The average molecular weight is 440 g/mol. The highest BCUT2D eigenvalue weighted by Gasteiger charge is 2.31. The van der Waals surface area contributed by atoms with Gasteiger partial charge in [0.1, 0.15) is 11.6 Å². The van der Waals surface area contributed by atoms with Gasteiger partial charge in [-0.3, -0.25) is 0 Å². The third-order valence-corrected chi connectivity index (χ3v) is 5.46. The van der Waals surface area contributed by atoms with Gasteiger partial charge in [-0.25, -0.2) is 4.98 Å². The molecule has 1 aliphatic rings. The lowest BCUT2D eigenvalue weighted by atomic mass is 10.1. The molecule has 0 bridgehead atoms. The Morgan fingerprint density at radius 3 is 2.37 bits per heavy atom. The van der Waals surface area contributed by atoms with Crippen molar-refractivity contribution in [2.45, 2.75) is 33.1 Å². The summed E-state index contributed by atoms with van der Waals surface area (Å²) < 4.78 is 41.4. The maximum absolute atomic E-state index is 12.5. The van der Waals surface area contributed by atoms with Crippen LogP contribution < -0.4 is 20.2 Å². The molecule has 0 saturated carbocycles. The molecule has 0 radical (unpaired) electrons. The van der Waals surface area contributed by atoms with Crippen molar-refractivity contribution in [3.05, 3.63) is 47.0 Å². The topological polar surface area (TPSA) is 28.6 Å². The molecular weight excluding hydrogens is 415 g/mol. The van der Waals surface area contributed by atoms with Crippen LogP contribution in [0, 0.1) is 0 Å². The molecule has 1 aromatic heterocycles. The molecule has 1 aliphatic carbocycles. The van der Waals surface area contributed by atoms with Crippen molar-refractivity contribution < 1.29 is 17.9 Å². The minimum Gasteiger partial charge on any atom is -0.406 e. The Morgan fingerprint density at radius 2 is 1.73 bits per heavy atom. The molecule has 0 amide bonds. The number of hydrogen-bond donors (Lipinski definition) is 0. The molecule has 0 fully saturated rings. The van der Waals surface area contributed by atoms with Gasteiger partial charge in [-0.1, -0.05) is 31.5 Å². The lowest BCUT2D eigenvalue weighted by Crippen LogP contribution is -2.36. The SMILES string of the molecule is CCN(CC)CCN(c1ccc(OC(F)(F)F)cc1)c1ccc2c(n1)=C(Cl)CCC=2. The van der Waals surface area contributed by atoms with Crippen LogP contribution in [-0.4, -0.2) is 42.4 Å². The van der Waals surface area contributed by atoms with Crippen molar-refractivity contribution in [2.24, 2.45) is 0 Å². The quantitative estimate of drug-likeness (QED) is 0.610. The van der Waals surface area contributed by atoms with Gasteiger partial charge in [0.2, 0.25) is 0 Å². The molecule has 0 aliphatic heterocycles. The fraction of sp³-hybridized carbons (Fsp3) is 0.409. The van der Waals surface area contributed by atoms with Crippen molar-refractivity contribution in [2.75, 3.05) is 31.1 Å². The van der Waals surface area contributed by atoms with Crippen LogP contribution in [0.25, 0.3) is 11.1 Å². The van der Waals surface area contributed by atoms with Crippen molar-refractivity contribution >= 4 is 34.2 Å². The maximum atomic E-state index is 12.5. The summed E-state index contributed by atoms with van der Waals surface area (Å²) in [7, 11) is 0. The second kappa shape index (κ2) is 9.71. The summed E-state index contributed by atoms with van der Waals surface area (Å²) in [6, 6.07) is 9.78. The van der Waals surface area contributed by atoms with E-state index in [9.17, 15) is 13.2 Å². The van der Waals surface area contributed by atoms with Crippen LogP contribution in [-0.2, 0) is 0 Å². The molecule has 1 heterocycles. The van der Waals surface area contributed by atoms with Gasteiger partial charge in [0.15, 0.2) is 0 Å². The van der Waals surface area contributed by atoms with Gasteiger partial charge >= 0.3 is 6.36 Å². The van der Waals surface area contributed by atoms with E-state index in [1.165, 1.54) is 12.1 Å². The number of ether oxygens (including phenoxy) is 1. The standard InChI is InChI=1S/C22H25ClF3N3O/c1-3-28(4-2)14-15-29(17-9-11-18(12-10-17)30-22(24,25)26)20-13-8-16-6-5-7-19(23)21(16)27-20/h6,8-13H,3-5,7,14-15H2,1-2H3. The zero-order valence-corrected chi connectivity index (χ0v) is 17.8. The molecule has 0 atom stereocenters. The zero-order valence-electron chi connectivity index (χ0n) is 17.0. The lowest BCUT2D eigenvalue weighted by Gasteiger charge is -2.28. The lowest BCUT2D eigenvalue weighted by molar-refractivity contribution is -0.274. The highest BCUT2D eigenvalue weighted by molar-refractivity contribution is 6.45. The summed E-state index contributed by atoms with van der Waals surface area (Å²) in [6.07, 6.45) is -0.957. The number of rotatable bonds is 8. The Hall–Kier alpha value is -2.25. The predicted octanol–water partition coefficient (Wildman–Crippen LogP) is 4.38. The maximum Gasteiger partial charge on any atom is 0.573 e. The summed E-state index contributed by atoms with van der Waals surface area (Å²) in [6.45, 7) is 7.44. The number of anilines is 2. The molecule has 162 valence electrons. The Kier molecular flexibility index (Phi) is 7.26. The number of benzene rings is 1. The van der Waals surface area contributed by atoms with E-state index < -0.39 is 6.36 Å². The first-order valence-corrected chi connectivity index (χ1v) is 10.4. The van der Waals surface area contributed by atoms with E-state index >= 15 is 0 Å². The summed E-state index contributed by atoms with van der Waals surface area (Å²) in [5, 5.41) is 2.50. The smallest absolute Gasteiger partial charge is 0.406 e. The van der Waals surface area contributed by atoms with E-state index in [4.69, 9.17) is 16.6 Å². The van der Waals surface area contributed by atoms with Crippen LogP contribution in [0.1, 0.15) is 26.7 Å². The number of alkyl halides is 3. The number of fused-ring (bicyclic) bond motifs is 1. The summed E-state index contributed by atoms with van der Waals surface area (Å²) in [5.41, 5.74) is 0.736. The van der Waals surface area contributed by atoms with Gasteiger partial charge in [-0.2, -0.15) is 0 Å². The highest BCUT2D eigenvalue weighted by atomic mass is 35.5. The molecule has 3 rings (SSSR count). The Balaban J connectivity index is 1.95. The highest BCUT2D eigenvalue weighted by Crippen LogP contribution is 2.28. The summed E-state index contributed by atoms with van der Waals surface area (Å²) in [4.78, 5) is 9.05. The van der Waals surface area contributed by atoms with Crippen molar-refractivity contribution in [3.63, 3.8) is 0 Å². The molecule has 0 unspecified atom stereocenters. The van der Waals surface area contributed by atoms with Crippen molar-refractivity contribution in [1.29, 1.82) is 0 Å². The van der Waals surface area contributed by atoms with Crippen molar-refractivity contribution in [1.82, 2.24) is 9.88 Å². The average Bonchev–Trinajstić information content (AvgIpc) is 2.71. The molecule has 30 heavy (non-hydrogen) atoms. The molecule has 0 spiro atoms. The Bertz CT molecular complexity index is 973. The molecular formula is C22H25ClF3N3O. The van der Waals surface area contributed by atoms with Crippen LogP contribution in [0.2, 0.25) is 0 Å². The van der Waals surface area contributed by atoms with Gasteiger partial charge < -0.3 is 14.5 Å². The Labute approximate surface area is 179 Å². The summed E-state index contributed by atoms with van der Waals surface area (Å²) in [5.74, 6) is 0.457. The van der Waals surface area contributed by atoms with E-state index in [0.29, 0.717) is 12.4 Å². The second-order valence-corrected chi connectivity index (χ2v) is 7.43. The van der Waals surface area contributed by atoms with Gasteiger partial charge in [-0.15, -0.1) is 13.2 Å². The Morgan fingerprint density at radius 1 is 1.03 bits per heavy atom. The fourth-order valence-corrected chi connectivity index (χ4v) is 3.71. The molecule has 0 N–H and O–H groups in total. The zero-order chi connectivity index (χ0) is 21.7. The molecule has 0 saturated heterocycles. The van der Waals surface area contributed by atoms with E-state index in [1.807, 2.05) is 17.0 Å². The third-order valence-electron chi connectivity index (χ3n) is 5.09. The van der Waals surface area contributed by atoms with Gasteiger partial charge in [0.25, 0.3) is 0 Å². The normalized spacial score (nSPS) is 13.8. The second-order valence-electron chi connectivity index (χ2n) is 6.98. The van der Waals surface area contributed by atoms with Crippen LogP contribution in [0.4, 0.5) is 24.7 Å². The fourth-order valence-electron chi connectivity index (χ4n) is 3.45. The molecule has 2 aromatic rings. The van der Waals surface area contributed by atoms with E-state index in [1.54, 1.807) is 12.1 Å².